The molecule has 4 heteroatoms. The topological polar surface area (TPSA) is 53.3 Å². The summed E-state index contributed by atoms with van der Waals surface area (Å²) in [7, 11) is 1.67. The molecule has 4 nitrogen and oxygen atoms in total. The number of hydrogen-bond donors (Lipinski definition) is 0. The highest BCUT2D eigenvalue weighted by atomic mass is 16.5. The van der Waals surface area contributed by atoms with Crippen LogP contribution in [-0.4, -0.2) is 30.5 Å². The van der Waals surface area contributed by atoms with Gasteiger partial charge in [-0.1, -0.05) is 18.2 Å². The van der Waals surface area contributed by atoms with Crippen LogP contribution in [0.25, 0.3) is 0 Å². The number of carbonyl (C=O) groups is 1. The van der Waals surface area contributed by atoms with Gasteiger partial charge in [0.15, 0.2) is 0 Å². The van der Waals surface area contributed by atoms with Gasteiger partial charge in [0.25, 0.3) is 0 Å². The maximum absolute atomic E-state index is 12.4. The molecule has 94 valence electrons. The molecule has 2 rings (SSSR count). The first-order valence-corrected chi connectivity index (χ1v) is 6.03. The van der Waals surface area contributed by atoms with Crippen LogP contribution in [-0.2, 0) is 4.79 Å². The van der Waals surface area contributed by atoms with Gasteiger partial charge in [-0.25, -0.2) is 0 Å². The Hall–Kier alpha value is -2.02. The summed E-state index contributed by atoms with van der Waals surface area (Å²) in [5, 5.41) is 8.88. The fourth-order valence-corrected chi connectivity index (χ4v) is 2.12. The van der Waals surface area contributed by atoms with E-state index in [9.17, 15) is 4.79 Å². The molecule has 0 saturated carbocycles. The lowest BCUT2D eigenvalue weighted by Crippen LogP contribution is -2.39. The molecule has 1 heterocycles. The molecule has 0 fully saturated rings. The number of ether oxygens (including phenoxy) is 1. The quantitative estimate of drug-likeness (QED) is 0.798. The number of amides is 1. The first kappa shape index (κ1) is 12.4. The summed E-state index contributed by atoms with van der Waals surface area (Å²) in [4.78, 5) is 13.9. The third kappa shape index (κ3) is 2.17. The molecule has 1 aliphatic heterocycles. The van der Waals surface area contributed by atoms with Crippen molar-refractivity contribution in [1.82, 2.24) is 4.90 Å². The van der Waals surface area contributed by atoms with Gasteiger partial charge in [0.1, 0.15) is 11.8 Å². The molecule has 0 spiro atoms. The smallest absolute Gasteiger partial charge is 0.231 e. The monoisotopic (exact) mass is 244 g/mol. The fourth-order valence-electron chi connectivity index (χ4n) is 2.12. The van der Waals surface area contributed by atoms with Crippen LogP contribution in [0.5, 0.6) is 5.75 Å². The molecule has 1 aromatic rings. The van der Waals surface area contributed by atoms with Gasteiger partial charge in [-0.15, -0.1) is 0 Å². The van der Waals surface area contributed by atoms with Crippen molar-refractivity contribution in [3.63, 3.8) is 0 Å². The Bertz CT molecular complexity index is 493. The van der Waals surface area contributed by atoms with Gasteiger partial charge in [-0.3, -0.25) is 4.79 Å². The molecule has 0 aromatic heterocycles. The molecule has 2 atom stereocenters. The normalized spacial score (nSPS) is 19.1. The Morgan fingerprint density at radius 1 is 1.56 bits per heavy atom. The summed E-state index contributed by atoms with van der Waals surface area (Å²) in [5.41, 5.74) is 0.922. The second-order valence-electron chi connectivity index (χ2n) is 4.48. The average Bonchev–Trinajstić information content (AvgIpc) is 2.44. The highest BCUT2D eigenvalue weighted by molar-refractivity contribution is 5.85. The maximum atomic E-state index is 12.4. The van der Waals surface area contributed by atoms with E-state index in [0.29, 0.717) is 13.0 Å². The molecule has 0 saturated heterocycles. The zero-order valence-electron chi connectivity index (χ0n) is 10.6. The second-order valence-corrected chi connectivity index (χ2v) is 4.48. The van der Waals surface area contributed by atoms with Crippen molar-refractivity contribution in [3.05, 3.63) is 29.8 Å². The second kappa shape index (κ2) is 5.09. The largest absolute Gasteiger partial charge is 0.493 e. The molecular weight excluding hydrogens is 228 g/mol. The zero-order valence-corrected chi connectivity index (χ0v) is 10.6. The lowest BCUT2D eigenvalue weighted by Gasteiger charge is -2.29. The van der Waals surface area contributed by atoms with Crippen LogP contribution in [0.4, 0.5) is 0 Å². The summed E-state index contributed by atoms with van der Waals surface area (Å²) < 4.78 is 5.53. The molecule has 1 aliphatic rings. The van der Waals surface area contributed by atoms with Gasteiger partial charge in [-0.2, -0.15) is 5.26 Å². The number of carbonyl (C=O) groups excluding carboxylic acids is 1. The maximum Gasteiger partial charge on any atom is 0.231 e. The van der Waals surface area contributed by atoms with Gasteiger partial charge in [-0.05, 0) is 19.4 Å². The number of hydrogen-bond acceptors (Lipinski definition) is 3. The molecule has 0 radical (unpaired) electrons. The predicted octanol–water partition coefficient (Wildman–Crippen LogP) is 1.92. The van der Waals surface area contributed by atoms with Crippen molar-refractivity contribution in [3.8, 4) is 11.8 Å². The van der Waals surface area contributed by atoms with E-state index in [1.54, 1.807) is 14.0 Å². The summed E-state index contributed by atoms with van der Waals surface area (Å²) in [5.74, 6) is 0.565. The van der Waals surface area contributed by atoms with Crippen LogP contribution in [0.2, 0.25) is 0 Å². The van der Waals surface area contributed by atoms with Crippen LogP contribution in [0.3, 0.4) is 0 Å². The third-order valence-electron chi connectivity index (χ3n) is 3.37. The van der Waals surface area contributed by atoms with Gasteiger partial charge in [0, 0.05) is 12.6 Å². The minimum Gasteiger partial charge on any atom is -0.493 e. The molecule has 2 unspecified atom stereocenters. The Morgan fingerprint density at radius 2 is 2.28 bits per heavy atom. The molecule has 0 bridgehead atoms. The van der Waals surface area contributed by atoms with Crippen LogP contribution in [0.15, 0.2) is 24.3 Å². The van der Waals surface area contributed by atoms with E-state index >= 15 is 0 Å². The van der Waals surface area contributed by atoms with E-state index in [1.807, 2.05) is 24.3 Å². The highest BCUT2D eigenvalue weighted by Gasteiger charge is 2.30. The first-order chi connectivity index (χ1) is 8.65. The van der Waals surface area contributed by atoms with E-state index in [4.69, 9.17) is 10.00 Å². The Labute approximate surface area is 107 Å². The van der Waals surface area contributed by atoms with Crippen LogP contribution in [0, 0.1) is 11.3 Å². The predicted molar refractivity (Wildman–Crippen MR) is 67.1 cm³/mol. The number of fused-ring (bicyclic) bond motifs is 1. The number of para-hydroxylation sites is 1. The average molecular weight is 244 g/mol. The lowest BCUT2D eigenvalue weighted by atomic mass is 9.91. The van der Waals surface area contributed by atoms with Gasteiger partial charge >= 0.3 is 0 Å². The summed E-state index contributed by atoms with van der Waals surface area (Å²) in [6.07, 6.45) is 0.665. The number of benzene rings is 1. The van der Waals surface area contributed by atoms with Gasteiger partial charge < -0.3 is 9.64 Å². The van der Waals surface area contributed by atoms with Crippen molar-refractivity contribution in [1.29, 1.82) is 5.26 Å². The molecule has 18 heavy (non-hydrogen) atoms. The Morgan fingerprint density at radius 3 is 3.00 bits per heavy atom. The van der Waals surface area contributed by atoms with E-state index in [0.717, 1.165) is 11.3 Å². The molecule has 0 aliphatic carbocycles. The standard InChI is InChI=1S/C14H16N2O2/c1-10(9-15)16(2)14(17)12-7-8-18-13-6-4-3-5-11(12)13/h3-6,10,12H,7-8H2,1-2H3. The van der Waals surface area contributed by atoms with E-state index in [2.05, 4.69) is 6.07 Å². The summed E-state index contributed by atoms with van der Waals surface area (Å²) >= 11 is 0. The number of nitriles is 1. The SMILES string of the molecule is CC(C#N)N(C)C(=O)C1CCOc2ccccc21. The van der Waals surface area contributed by atoms with Crippen molar-refractivity contribution >= 4 is 5.91 Å². The van der Waals surface area contributed by atoms with Crippen LogP contribution in [0.1, 0.15) is 24.8 Å². The van der Waals surface area contributed by atoms with Crippen LogP contribution < -0.4 is 4.74 Å². The lowest BCUT2D eigenvalue weighted by molar-refractivity contribution is -0.133. The van der Waals surface area contributed by atoms with Gasteiger partial charge in [0.05, 0.1) is 18.6 Å². The van der Waals surface area contributed by atoms with E-state index in [1.165, 1.54) is 4.90 Å². The van der Waals surface area contributed by atoms with Crippen molar-refractivity contribution in [2.24, 2.45) is 0 Å². The van der Waals surface area contributed by atoms with Crippen molar-refractivity contribution in [2.45, 2.75) is 25.3 Å². The minimum absolute atomic E-state index is 0.0141. The van der Waals surface area contributed by atoms with Gasteiger partial charge in [0.2, 0.25) is 5.91 Å². The number of nitrogens with zero attached hydrogens (tertiary/aromatic N) is 2. The number of rotatable bonds is 2. The zero-order chi connectivity index (χ0) is 13.1. The van der Waals surface area contributed by atoms with Crippen molar-refractivity contribution in [2.75, 3.05) is 13.7 Å². The first-order valence-electron chi connectivity index (χ1n) is 6.03. The Kier molecular flexibility index (Phi) is 3.52. The van der Waals surface area contributed by atoms with Crippen LogP contribution >= 0.6 is 0 Å². The Balaban J connectivity index is 2.26. The molecule has 1 aromatic carbocycles. The molecule has 0 N–H and O–H groups in total. The van der Waals surface area contributed by atoms with Crippen molar-refractivity contribution < 1.29 is 9.53 Å². The number of likely N-dealkylation sites (N-methyl/N-ethyl adjacent to an activating group) is 1. The summed E-state index contributed by atoms with van der Waals surface area (Å²) in [6, 6.07) is 9.27. The fraction of sp³-hybridized carbons (Fsp3) is 0.429. The van der Waals surface area contributed by atoms with E-state index < -0.39 is 6.04 Å². The molecule has 1 amide bonds. The summed E-state index contributed by atoms with van der Waals surface area (Å²) in [6.45, 7) is 2.27. The van der Waals surface area contributed by atoms with E-state index in [-0.39, 0.29) is 11.8 Å². The third-order valence-corrected chi connectivity index (χ3v) is 3.37. The highest BCUT2D eigenvalue weighted by Crippen LogP contribution is 2.34. The minimum atomic E-state index is -0.410. The molecular formula is C14H16N2O2.